The van der Waals surface area contributed by atoms with Crippen LogP contribution in [0, 0.1) is 0 Å². The Hall–Kier alpha value is -3.30. The van der Waals surface area contributed by atoms with E-state index in [2.05, 4.69) is 10.0 Å². The van der Waals surface area contributed by atoms with E-state index in [4.69, 9.17) is 5.73 Å². The zero-order valence-electron chi connectivity index (χ0n) is 16.6. The minimum atomic E-state index is -3.67. The molecule has 0 aliphatic heterocycles. The van der Waals surface area contributed by atoms with Gasteiger partial charge in [0.1, 0.15) is 0 Å². The third kappa shape index (κ3) is 5.87. The molecule has 3 aromatic rings. The van der Waals surface area contributed by atoms with Gasteiger partial charge in [-0.15, -0.1) is 11.8 Å². The molecule has 1 atom stereocenters. The number of nitrogens with two attached hydrogens (primary N) is 1. The normalized spacial score (nSPS) is 12.0. The number of sulfonamides is 1. The number of benzene rings is 3. The lowest BCUT2D eigenvalue weighted by Gasteiger charge is -2.14. The highest BCUT2D eigenvalue weighted by atomic mass is 32.2. The zero-order valence-corrected chi connectivity index (χ0v) is 18.2. The van der Waals surface area contributed by atoms with Crippen molar-refractivity contribution in [3.8, 4) is 0 Å². The van der Waals surface area contributed by atoms with Gasteiger partial charge in [-0.3, -0.25) is 14.3 Å². The van der Waals surface area contributed by atoms with Crippen molar-refractivity contribution in [3.63, 3.8) is 0 Å². The summed E-state index contributed by atoms with van der Waals surface area (Å²) in [5, 5.41) is 2.26. The number of nitrogens with one attached hydrogen (secondary N) is 2. The lowest BCUT2D eigenvalue weighted by Crippen LogP contribution is -2.24. The average Bonchev–Trinajstić information content (AvgIpc) is 2.75. The molecule has 9 heteroatoms. The second-order valence-electron chi connectivity index (χ2n) is 6.60. The van der Waals surface area contributed by atoms with Gasteiger partial charge >= 0.3 is 0 Å². The Bertz CT molecular complexity index is 1180. The molecule has 0 heterocycles. The first kappa shape index (κ1) is 22.4. The van der Waals surface area contributed by atoms with Gasteiger partial charge < -0.3 is 11.1 Å². The standard InChI is InChI=1S/C22H21N3O4S2/c1-15(22(27)24-20-10-6-5-9-19(20)21(23)26)30-17-13-11-16(12-14-17)25-31(28,29)18-7-3-2-4-8-18/h2-15,25H,1H3,(H2,23,26)(H,24,27). The Balaban J connectivity index is 1.63. The second kappa shape index (κ2) is 9.67. The minimum absolute atomic E-state index is 0.176. The molecule has 0 radical (unpaired) electrons. The number of para-hydroxylation sites is 1. The maximum atomic E-state index is 12.5. The van der Waals surface area contributed by atoms with Crippen LogP contribution in [0.25, 0.3) is 0 Å². The van der Waals surface area contributed by atoms with Crippen LogP contribution >= 0.6 is 11.8 Å². The first-order chi connectivity index (χ1) is 14.8. The van der Waals surface area contributed by atoms with E-state index in [1.165, 1.54) is 23.9 Å². The number of amides is 2. The SMILES string of the molecule is CC(Sc1ccc(NS(=O)(=O)c2ccccc2)cc1)C(=O)Nc1ccccc1C(N)=O. The number of hydrogen-bond donors (Lipinski definition) is 3. The molecule has 0 saturated heterocycles. The van der Waals surface area contributed by atoms with E-state index in [1.54, 1.807) is 73.7 Å². The van der Waals surface area contributed by atoms with E-state index in [1.807, 2.05) is 0 Å². The van der Waals surface area contributed by atoms with Crippen molar-refractivity contribution >= 4 is 45.0 Å². The summed E-state index contributed by atoms with van der Waals surface area (Å²) in [6.07, 6.45) is 0. The number of thioether (sulfide) groups is 1. The molecular weight excluding hydrogens is 434 g/mol. The number of anilines is 2. The largest absolute Gasteiger partial charge is 0.366 e. The fourth-order valence-electron chi connectivity index (χ4n) is 2.71. The van der Waals surface area contributed by atoms with Crippen LogP contribution in [0.3, 0.4) is 0 Å². The minimum Gasteiger partial charge on any atom is -0.366 e. The summed E-state index contributed by atoms with van der Waals surface area (Å²) in [5.41, 5.74) is 6.36. The molecule has 0 aromatic heterocycles. The highest BCUT2D eigenvalue weighted by Gasteiger charge is 2.18. The van der Waals surface area contributed by atoms with E-state index >= 15 is 0 Å². The van der Waals surface area contributed by atoms with E-state index in [0.29, 0.717) is 11.4 Å². The predicted molar refractivity (Wildman–Crippen MR) is 123 cm³/mol. The molecule has 0 aliphatic rings. The maximum Gasteiger partial charge on any atom is 0.261 e. The van der Waals surface area contributed by atoms with Crippen molar-refractivity contribution in [2.75, 3.05) is 10.0 Å². The van der Waals surface area contributed by atoms with Gasteiger partial charge in [-0.05, 0) is 55.5 Å². The lowest BCUT2D eigenvalue weighted by atomic mass is 10.1. The summed E-state index contributed by atoms with van der Waals surface area (Å²) in [5.74, 6) is -0.905. The van der Waals surface area contributed by atoms with Crippen LogP contribution in [0.1, 0.15) is 17.3 Å². The van der Waals surface area contributed by atoms with Gasteiger partial charge in [-0.25, -0.2) is 8.42 Å². The Kier molecular flexibility index (Phi) is 6.98. The van der Waals surface area contributed by atoms with Gasteiger partial charge in [0.2, 0.25) is 5.91 Å². The molecule has 0 bridgehead atoms. The summed E-state index contributed by atoms with van der Waals surface area (Å²) in [6.45, 7) is 1.74. The number of primary amides is 1. The Morgan fingerprint density at radius 3 is 2.16 bits per heavy atom. The lowest BCUT2D eigenvalue weighted by molar-refractivity contribution is -0.115. The highest BCUT2D eigenvalue weighted by molar-refractivity contribution is 8.00. The third-order valence-corrected chi connectivity index (χ3v) is 6.80. The number of carbonyl (C=O) groups excluding carboxylic acids is 2. The molecule has 3 rings (SSSR count). The van der Waals surface area contributed by atoms with Gasteiger partial charge in [0, 0.05) is 10.6 Å². The van der Waals surface area contributed by atoms with E-state index < -0.39 is 21.2 Å². The van der Waals surface area contributed by atoms with Crippen LogP contribution < -0.4 is 15.8 Å². The molecule has 0 aliphatic carbocycles. The summed E-state index contributed by atoms with van der Waals surface area (Å²) < 4.78 is 27.3. The first-order valence-electron chi connectivity index (χ1n) is 9.30. The topological polar surface area (TPSA) is 118 Å². The number of rotatable bonds is 8. The second-order valence-corrected chi connectivity index (χ2v) is 9.70. The summed E-state index contributed by atoms with van der Waals surface area (Å²) >= 11 is 1.30. The monoisotopic (exact) mass is 455 g/mol. The number of carbonyl (C=O) groups is 2. The first-order valence-corrected chi connectivity index (χ1v) is 11.7. The summed E-state index contributed by atoms with van der Waals surface area (Å²) in [7, 11) is -3.67. The van der Waals surface area contributed by atoms with Gasteiger partial charge in [0.05, 0.1) is 21.4 Å². The summed E-state index contributed by atoms with van der Waals surface area (Å²) in [6, 6.07) is 21.4. The van der Waals surface area contributed by atoms with Crippen molar-refractivity contribution in [2.45, 2.75) is 22.0 Å². The van der Waals surface area contributed by atoms with Crippen molar-refractivity contribution < 1.29 is 18.0 Å². The summed E-state index contributed by atoms with van der Waals surface area (Å²) in [4.78, 5) is 25.0. The Morgan fingerprint density at radius 1 is 0.903 bits per heavy atom. The van der Waals surface area contributed by atoms with E-state index in [0.717, 1.165) is 4.90 Å². The highest BCUT2D eigenvalue weighted by Crippen LogP contribution is 2.27. The molecule has 3 aromatic carbocycles. The van der Waals surface area contributed by atoms with Crippen molar-refractivity contribution in [3.05, 3.63) is 84.4 Å². The quantitative estimate of drug-likeness (QED) is 0.448. The molecule has 0 saturated carbocycles. The maximum absolute atomic E-state index is 12.5. The van der Waals surface area contributed by atoms with E-state index in [-0.39, 0.29) is 16.4 Å². The number of hydrogen-bond acceptors (Lipinski definition) is 5. The molecule has 2 amide bonds. The molecule has 0 fully saturated rings. The van der Waals surface area contributed by atoms with Crippen molar-refractivity contribution in [2.24, 2.45) is 5.73 Å². The van der Waals surface area contributed by atoms with Crippen LogP contribution in [-0.2, 0) is 14.8 Å². The Labute approximate surface area is 185 Å². The van der Waals surface area contributed by atoms with Crippen LogP contribution in [-0.4, -0.2) is 25.5 Å². The van der Waals surface area contributed by atoms with Crippen LogP contribution in [0.15, 0.2) is 88.7 Å². The van der Waals surface area contributed by atoms with Crippen LogP contribution in [0.4, 0.5) is 11.4 Å². The van der Waals surface area contributed by atoms with E-state index in [9.17, 15) is 18.0 Å². The van der Waals surface area contributed by atoms with Gasteiger partial charge in [0.25, 0.3) is 15.9 Å². The van der Waals surface area contributed by atoms with Gasteiger partial charge in [-0.1, -0.05) is 30.3 Å². The van der Waals surface area contributed by atoms with Crippen LogP contribution in [0.2, 0.25) is 0 Å². The fraction of sp³-hybridized carbons (Fsp3) is 0.0909. The molecule has 0 spiro atoms. The third-order valence-electron chi connectivity index (χ3n) is 4.29. The van der Waals surface area contributed by atoms with Gasteiger partial charge in [-0.2, -0.15) is 0 Å². The smallest absolute Gasteiger partial charge is 0.261 e. The molecule has 1 unspecified atom stereocenters. The molecule has 4 N–H and O–H groups in total. The molecular formula is C22H21N3O4S2. The molecule has 7 nitrogen and oxygen atoms in total. The average molecular weight is 456 g/mol. The Morgan fingerprint density at radius 2 is 1.52 bits per heavy atom. The van der Waals surface area contributed by atoms with Crippen molar-refractivity contribution in [1.29, 1.82) is 0 Å². The van der Waals surface area contributed by atoms with Crippen molar-refractivity contribution in [1.82, 2.24) is 0 Å². The van der Waals surface area contributed by atoms with Gasteiger partial charge in [0.15, 0.2) is 0 Å². The zero-order chi connectivity index (χ0) is 22.4. The predicted octanol–water partition coefficient (Wildman–Crippen LogP) is 3.71. The fourth-order valence-corrected chi connectivity index (χ4v) is 4.66. The molecule has 31 heavy (non-hydrogen) atoms. The van der Waals surface area contributed by atoms with Crippen LogP contribution in [0.5, 0.6) is 0 Å². The molecule has 160 valence electrons.